The van der Waals surface area contributed by atoms with Crippen molar-refractivity contribution in [2.24, 2.45) is 0 Å². The lowest BCUT2D eigenvalue weighted by Crippen LogP contribution is -2.35. The molecule has 1 N–H and O–H groups in total. The van der Waals surface area contributed by atoms with Gasteiger partial charge in [-0.25, -0.2) is 0 Å². The van der Waals surface area contributed by atoms with E-state index in [1.54, 1.807) is 0 Å². The first-order valence-electron chi connectivity index (χ1n) is 6.92. The molecule has 21 heavy (non-hydrogen) atoms. The second kappa shape index (κ2) is 6.32. The van der Waals surface area contributed by atoms with Crippen LogP contribution in [0.4, 0.5) is 0 Å². The van der Waals surface area contributed by atoms with E-state index in [0.29, 0.717) is 0 Å². The molecule has 2 heterocycles. The Bertz CT molecular complexity index is 689. The molecule has 0 spiro atoms. The Morgan fingerprint density at radius 1 is 1.38 bits per heavy atom. The molecule has 1 saturated heterocycles. The molecule has 0 aliphatic carbocycles. The maximum Gasteiger partial charge on any atom is 0.305 e. The van der Waals surface area contributed by atoms with Crippen LogP contribution in [0.25, 0.3) is 11.3 Å². The van der Waals surface area contributed by atoms with E-state index in [4.69, 9.17) is 16.3 Å². The molecule has 3 rings (SSSR count). The van der Waals surface area contributed by atoms with Crippen molar-refractivity contribution in [3.63, 3.8) is 0 Å². The number of H-pyrrole nitrogens is 1. The number of morpholine rings is 1. The minimum Gasteiger partial charge on any atom is -0.379 e. The number of halogens is 1. The van der Waals surface area contributed by atoms with Crippen molar-refractivity contribution in [1.29, 1.82) is 0 Å². The highest BCUT2D eigenvalue weighted by Crippen LogP contribution is 2.28. The van der Waals surface area contributed by atoms with Crippen LogP contribution in [0.3, 0.4) is 0 Å². The molecular formula is C15H17ClN2O2S. The molecule has 0 saturated carbocycles. The summed E-state index contributed by atoms with van der Waals surface area (Å²) in [5, 5.41) is 0.742. The Kier molecular flexibility index (Phi) is 4.45. The smallest absolute Gasteiger partial charge is 0.305 e. The van der Waals surface area contributed by atoms with Gasteiger partial charge in [-0.3, -0.25) is 9.69 Å². The summed E-state index contributed by atoms with van der Waals surface area (Å²) in [4.78, 5) is 18.1. The number of ether oxygens (including phenoxy) is 1. The minimum absolute atomic E-state index is 0.0131. The molecular weight excluding hydrogens is 308 g/mol. The number of nitrogens with one attached hydrogen (secondary N) is 1. The van der Waals surface area contributed by atoms with Gasteiger partial charge in [0.05, 0.1) is 18.9 Å². The minimum atomic E-state index is -0.0131. The number of aryl methyl sites for hydroxylation is 1. The molecule has 0 bridgehead atoms. The maximum absolute atomic E-state index is 11.8. The van der Waals surface area contributed by atoms with Crippen LogP contribution in [-0.4, -0.2) is 36.2 Å². The third-order valence-electron chi connectivity index (χ3n) is 3.64. The third-order valence-corrected chi connectivity index (χ3v) is 4.93. The Morgan fingerprint density at radius 2 is 2.14 bits per heavy atom. The lowest BCUT2D eigenvalue weighted by Gasteiger charge is -2.26. The summed E-state index contributed by atoms with van der Waals surface area (Å²) in [6.45, 7) is 6.08. The topological polar surface area (TPSA) is 45.3 Å². The lowest BCUT2D eigenvalue weighted by atomic mass is 10.1. The molecule has 0 atom stereocenters. The van der Waals surface area contributed by atoms with E-state index >= 15 is 0 Å². The van der Waals surface area contributed by atoms with Crippen molar-refractivity contribution < 1.29 is 4.74 Å². The molecule has 2 aromatic rings. The second-order valence-electron chi connectivity index (χ2n) is 5.17. The Morgan fingerprint density at radius 3 is 2.86 bits per heavy atom. The molecule has 1 aliphatic heterocycles. The first-order chi connectivity index (χ1) is 10.1. The van der Waals surface area contributed by atoms with Gasteiger partial charge in [-0.2, -0.15) is 0 Å². The third kappa shape index (κ3) is 3.37. The van der Waals surface area contributed by atoms with Gasteiger partial charge in [0.15, 0.2) is 0 Å². The number of thiazole rings is 1. The molecule has 6 heteroatoms. The average molecular weight is 325 g/mol. The summed E-state index contributed by atoms with van der Waals surface area (Å²) < 4.78 is 5.36. The number of hydrogen-bond donors (Lipinski definition) is 1. The number of rotatable bonds is 3. The molecule has 0 amide bonds. The van der Waals surface area contributed by atoms with Crippen LogP contribution in [0.1, 0.15) is 10.4 Å². The fourth-order valence-corrected chi connectivity index (χ4v) is 3.48. The van der Waals surface area contributed by atoms with Crippen LogP contribution in [0.5, 0.6) is 0 Å². The van der Waals surface area contributed by atoms with E-state index in [9.17, 15) is 4.79 Å². The molecule has 0 unspecified atom stereocenters. The SMILES string of the molecule is Cc1cc(-c2[nH]c(=O)sc2CN2CCOCC2)ccc1Cl. The van der Waals surface area contributed by atoms with Crippen molar-refractivity contribution in [3.05, 3.63) is 43.3 Å². The fourth-order valence-electron chi connectivity index (χ4n) is 2.47. The van der Waals surface area contributed by atoms with Crippen LogP contribution in [0.15, 0.2) is 23.0 Å². The Labute approximate surface area is 132 Å². The standard InChI is InChI=1S/C15H17ClN2O2S/c1-10-8-11(2-3-12(10)16)14-13(21-15(19)17-14)9-18-4-6-20-7-5-18/h2-3,8H,4-7,9H2,1H3,(H,17,19). The first-order valence-corrected chi connectivity index (χ1v) is 8.11. The zero-order valence-electron chi connectivity index (χ0n) is 11.8. The molecule has 1 aromatic heterocycles. The molecule has 112 valence electrons. The summed E-state index contributed by atoms with van der Waals surface area (Å²) in [5.41, 5.74) is 2.94. The predicted octanol–water partition coefficient (Wildman–Crippen LogP) is 2.90. The van der Waals surface area contributed by atoms with Gasteiger partial charge in [0, 0.05) is 29.5 Å². The van der Waals surface area contributed by atoms with Gasteiger partial charge >= 0.3 is 4.87 Å². The maximum atomic E-state index is 11.8. The van der Waals surface area contributed by atoms with E-state index < -0.39 is 0 Å². The Balaban J connectivity index is 1.91. The summed E-state index contributed by atoms with van der Waals surface area (Å²) in [6, 6.07) is 5.85. The van der Waals surface area contributed by atoms with Gasteiger partial charge in [-0.15, -0.1) is 0 Å². The van der Waals surface area contributed by atoms with Crippen molar-refractivity contribution in [1.82, 2.24) is 9.88 Å². The lowest BCUT2D eigenvalue weighted by molar-refractivity contribution is 0.0347. The number of hydrogen-bond acceptors (Lipinski definition) is 4. The average Bonchev–Trinajstić information content (AvgIpc) is 2.84. The molecule has 4 nitrogen and oxygen atoms in total. The highest BCUT2D eigenvalue weighted by Gasteiger charge is 2.16. The summed E-state index contributed by atoms with van der Waals surface area (Å²) in [7, 11) is 0. The second-order valence-corrected chi connectivity index (χ2v) is 6.64. The normalized spacial score (nSPS) is 16.3. The zero-order valence-corrected chi connectivity index (χ0v) is 13.4. The van der Waals surface area contributed by atoms with Crippen LogP contribution in [0, 0.1) is 6.92 Å². The molecule has 1 aliphatic rings. The van der Waals surface area contributed by atoms with Crippen LogP contribution >= 0.6 is 22.9 Å². The van der Waals surface area contributed by atoms with E-state index in [2.05, 4.69) is 9.88 Å². The summed E-state index contributed by atoms with van der Waals surface area (Å²) in [6.07, 6.45) is 0. The summed E-state index contributed by atoms with van der Waals surface area (Å²) >= 11 is 7.36. The van der Waals surface area contributed by atoms with Gasteiger partial charge in [0.2, 0.25) is 0 Å². The van der Waals surface area contributed by atoms with Gasteiger partial charge in [-0.05, 0) is 30.2 Å². The van der Waals surface area contributed by atoms with Crippen molar-refractivity contribution in [2.75, 3.05) is 26.3 Å². The zero-order chi connectivity index (χ0) is 14.8. The van der Waals surface area contributed by atoms with Gasteiger partial charge in [-0.1, -0.05) is 29.0 Å². The van der Waals surface area contributed by atoms with Crippen molar-refractivity contribution in [3.8, 4) is 11.3 Å². The molecule has 1 fully saturated rings. The number of benzene rings is 1. The van der Waals surface area contributed by atoms with E-state index in [1.807, 2.05) is 25.1 Å². The Hall–Kier alpha value is -1.14. The van der Waals surface area contributed by atoms with Gasteiger partial charge in [0.1, 0.15) is 0 Å². The van der Waals surface area contributed by atoms with Crippen molar-refractivity contribution >= 4 is 22.9 Å². The van der Waals surface area contributed by atoms with E-state index in [0.717, 1.165) is 59.6 Å². The molecule has 0 radical (unpaired) electrons. The van der Waals surface area contributed by atoms with E-state index in [-0.39, 0.29) is 4.87 Å². The molecule has 1 aromatic carbocycles. The van der Waals surface area contributed by atoms with Gasteiger partial charge in [0.25, 0.3) is 0 Å². The first kappa shape index (κ1) is 14.8. The fraction of sp³-hybridized carbons (Fsp3) is 0.400. The predicted molar refractivity (Wildman–Crippen MR) is 86.2 cm³/mol. The summed E-state index contributed by atoms with van der Waals surface area (Å²) in [5.74, 6) is 0. The van der Waals surface area contributed by atoms with Gasteiger partial charge < -0.3 is 9.72 Å². The van der Waals surface area contributed by atoms with Crippen LogP contribution in [0.2, 0.25) is 5.02 Å². The highest BCUT2D eigenvalue weighted by molar-refractivity contribution is 7.09. The number of aromatic amines is 1. The number of aromatic nitrogens is 1. The quantitative estimate of drug-likeness (QED) is 0.944. The monoisotopic (exact) mass is 324 g/mol. The van der Waals surface area contributed by atoms with Crippen LogP contribution < -0.4 is 4.87 Å². The van der Waals surface area contributed by atoms with E-state index in [1.165, 1.54) is 11.3 Å². The van der Waals surface area contributed by atoms with Crippen LogP contribution in [-0.2, 0) is 11.3 Å². The highest BCUT2D eigenvalue weighted by atomic mass is 35.5. The largest absolute Gasteiger partial charge is 0.379 e. The number of nitrogens with zero attached hydrogens (tertiary/aromatic N) is 1. The van der Waals surface area contributed by atoms with Crippen molar-refractivity contribution in [2.45, 2.75) is 13.5 Å².